The first kappa shape index (κ1) is 14.0. The SMILES string of the molecule is CC(NCCCc1ncc[nH]1)c1ccc(F)cc1Cl. The molecule has 2 rings (SSSR count). The largest absolute Gasteiger partial charge is 0.349 e. The van der Waals surface area contributed by atoms with Gasteiger partial charge >= 0.3 is 0 Å². The number of aryl methyl sites for hydroxylation is 1. The Morgan fingerprint density at radius 2 is 2.32 bits per heavy atom. The zero-order chi connectivity index (χ0) is 13.7. The summed E-state index contributed by atoms with van der Waals surface area (Å²) in [5.41, 5.74) is 0.918. The van der Waals surface area contributed by atoms with Crippen molar-refractivity contribution in [1.82, 2.24) is 15.3 Å². The number of hydrogen-bond acceptors (Lipinski definition) is 2. The molecule has 0 amide bonds. The highest BCUT2D eigenvalue weighted by Gasteiger charge is 2.09. The van der Waals surface area contributed by atoms with Crippen LogP contribution >= 0.6 is 11.6 Å². The molecule has 1 heterocycles. The van der Waals surface area contributed by atoms with Crippen molar-refractivity contribution in [2.75, 3.05) is 6.54 Å². The molecule has 1 unspecified atom stereocenters. The Bertz CT molecular complexity index is 513. The minimum Gasteiger partial charge on any atom is -0.349 e. The first-order valence-electron chi connectivity index (χ1n) is 6.33. The molecule has 1 aromatic heterocycles. The molecule has 0 aliphatic carbocycles. The van der Waals surface area contributed by atoms with Crippen molar-refractivity contribution >= 4 is 11.6 Å². The van der Waals surface area contributed by atoms with Crippen molar-refractivity contribution in [2.45, 2.75) is 25.8 Å². The number of benzene rings is 1. The van der Waals surface area contributed by atoms with Gasteiger partial charge in [-0.2, -0.15) is 0 Å². The van der Waals surface area contributed by atoms with Crippen LogP contribution in [0, 0.1) is 5.82 Å². The predicted molar refractivity (Wildman–Crippen MR) is 74.7 cm³/mol. The van der Waals surface area contributed by atoms with Crippen LogP contribution in [0.1, 0.15) is 30.8 Å². The Kier molecular flexibility index (Phi) is 4.93. The maximum atomic E-state index is 13.0. The van der Waals surface area contributed by atoms with Gasteiger partial charge in [0.2, 0.25) is 0 Å². The van der Waals surface area contributed by atoms with Crippen LogP contribution in [0.15, 0.2) is 30.6 Å². The normalized spacial score (nSPS) is 12.6. The molecule has 19 heavy (non-hydrogen) atoms. The summed E-state index contributed by atoms with van der Waals surface area (Å²) in [6.07, 6.45) is 5.47. The zero-order valence-electron chi connectivity index (χ0n) is 10.8. The molecule has 1 aromatic carbocycles. The van der Waals surface area contributed by atoms with Gasteiger partial charge in [-0.05, 0) is 37.6 Å². The number of aromatic nitrogens is 2. The van der Waals surface area contributed by atoms with Crippen molar-refractivity contribution in [3.05, 3.63) is 52.8 Å². The number of hydrogen-bond donors (Lipinski definition) is 2. The average Bonchev–Trinajstić information content (AvgIpc) is 2.87. The molecule has 0 saturated carbocycles. The smallest absolute Gasteiger partial charge is 0.124 e. The van der Waals surface area contributed by atoms with Crippen molar-refractivity contribution in [2.24, 2.45) is 0 Å². The van der Waals surface area contributed by atoms with Gasteiger partial charge < -0.3 is 10.3 Å². The average molecular weight is 282 g/mol. The summed E-state index contributed by atoms with van der Waals surface area (Å²) in [7, 11) is 0. The molecule has 1 atom stereocenters. The van der Waals surface area contributed by atoms with Crippen LogP contribution in [-0.2, 0) is 6.42 Å². The number of halogens is 2. The summed E-state index contributed by atoms with van der Waals surface area (Å²) in [5.74, 6) is 0.688. The summed E-state index contributed by atoms with van der Waals surface area (Å²) >= 11 is 6.02. The van der Waals surface area contributed by atoms with E-state index < -0.39 is 0 Å². The third kappa shape index (κ3) is 4.04. The summed E-state index contributed by atoms with van der Waals surface area (Å²) in [4.78, 5) is 7.24. The first-order valence-corrected chi connectivity index (χ1v) is 6.71. The minimum absolute atomic E-state index is 0.102. The third-order valence-electron chi connectivity index (χ3n) is 3.02. The van der Waals surface area contributed by atoms with Crippen LogP contribution in [0.5, 0.6) is 0 Å². The van der Waals surface area contributed by atoms with E-state index in [1.807, 2.05) is 13.1 Å². The molecule has 0 aliphatic heterocycles. The van der Waals surface area contributed by atoms with Crippen LogP contribution in [0.3, 0.4) is 0 Å². The van der Waals surface area contributed by atoms with Crippen LogP contribution < -0.4 is 5.32 Å². The fourth-order valence-electron chi connectivity index (χ4n) is 1.97. The van der Waals surface area contributed by atoms with Crippen LogP contribution in [0.25, 0.3) is 0 Å². The van der Waals surface area contributed by atoms with Crippen molar-refractivity contribution in [3.8, 4) is 0 Å². The van der Waals surface area contributed by atoms with Gasteiger partial charge in [-0.25, -0.2) is 9.37 Å². The third-order valence-corrected chi connectivity index (χ3v) is 3.35. The molecule has 2 N–H and O–H groups in total. The highest BCUT2D eigenvalue weighted by molar-refractivity contribution is 6.31. The van der Waals surface area contributed by atoms with E-state index in [-0.39, 0.29) is 11.9 Å². The molecular weight excluding hydrogens is 265 g/mol. The monoisotopic (exact) mass is 281 g/mol. The first-order chi connectivity index (χ1) is 9.16. The molecule has 5 heteroatoms. The van der Waals surface area contributed by atoms with Gasteiger partial charge in [-0.1, -0.05) is 17.7 Å². The lowest BCUT2D eigenvalue weighted by atomic mass is 10.1. The molecule has 0 fully saturated rings. The van der Waals surface area contributed by atoms with E-state index in [1.54, 1.807) is 12.3 Å². The summed E-state index contributed by atoms with van der Waals surface area (Å²) < 4.78 is 13.0. The number of H-pyrrole nitrogens is 1. The molecule has 0 radical (unpaired) electrons. The molecule has 0 spiro atoms. The van der Waals surface area contributed by atoms with Gasteiger partial charge in [-0.3, -0.25) is 0 Å². The second kappa shape index (κ2) is 6.68. The van der Waals surface area contributed by atoms with Crippen molar-refractivity contribution in [1.29, 1.82) is 0 Å². The standard InChI is InChI=1S/C14H17ClFN3/c1-10(12-5-4-11(16)9-13(12)15)17-6-2-3-14-18-7-8-19-14/h4-5,7-10,17H,2-3,6H2,1H3,(H,18,19). The Morgan fingerprint density at radius 1 is 1.47 bits per heavy atom. The molecular formula is C14H17ClFN3. The topological polar surface area (TPSA) is 40.7 Å². The summed E-state index contributed by atoms with van der Waals surface area (Å²) in [6, 6.07) is 4.60. The van der Waals surface area contributed by atoms with Crippen molar-refractivity contribution in [3.63, 3.8) is 0 Å². The molecule has 0 saturated heterocycles. The minimum atomic E-state index is -0.307. The summed E-state index contributed by atoms with van der Waals surface area (Å²) in [6.45, 7) is 2.88. The van der Waals surface area contributed by atoms with Crippen molar-refractivity contribution < 1.29 is 4.39 Å². The Hall–Kier alpha value is -1.39. The van der Waals surface area contributed by atoms with Crippen LogP contribution in [0.4, 0.5) is 4.39 Å². The molecule has 3 nitrogen and oxygen atoms in total. The quantitative estimate of drug-likeness (QED) is 0.796. The Morgan fingerprint density at radius 3 is 3.00 bits per heavy atom. The van der Waals surface area contributed by atoms with E-state index in [9.17, 15) is 4.39 Å². The number of imidazole rings is 1. The van der Waals surface area contributed by atoms with Gasteiger partial charge in [0.15, 0.2) is 0 Å². The second-order valence-corrected chi connectivity index (χ2v) is 4.89. The van der Waals surface area contributed by atoms with Gasteiger partial charge in [0.1, 0.15) is 11.6 Å². The number of nitrogens with one attached hydrogen (secondary N) is 2. The highest BCUT2D eigenvalue weighted by atomic mass is 35.5. The van der Waals surface area contributed by atoms with E-state index in [2.05, 4.69) is 15.3 Å². The van der Waals surface area contributed by atoms with E-state index in [0.29, 0.717) is 5.02 Å². The van der Waals surface area contributed by atoms with E-state index in [1.165, 1.54) is 12.1 Å². The Labute approximate surface area is 117 Å². The lowest BCUT2D eigenvalue weighted by molar-refractivity contribution is 0.553. The Balaban J connectivity index is 1.79. The lowest BCUT2D eigenvalue weighted by Crippen LogP contribution is -2.20. The van der Waals surface area contributed by atoms with Gasteiger partial charge in [0.05, 0.1) is 0 Å². The summed E-state index contributed by atoms with van der Waals surface area (Å²) in [5, 5.41) is 3.84. The molecule has 0 bridgehead atoms. The lowest BCUT2D eigenvalue weighted by Gasteiger charge is -2.15. The van der Waals surface area contributed by atoms with Gasteiger partial charge in [0, 0.05) is 29.9 Å². The number of aromatic amines is 1. The number of nitrogens with zero attached hydrogens (tertiary/aromatic N) is 1. The molecule has 2 aromatic rings. The molecule has 102 valence electrons. The fourth-order valence-corrected chi connectivity index (χ4v) is 2.30. The van der Waals surface area contributed by atoms with E-state index in [0.717, 1.165) is 30.8 Å². The van der Waals surface area contributed by atoms with Crippen LogP contribution in [0.2, 0.25) is 5.02 Å². The number of rotatable bonds is 6. The highest BCUT2D eigenvalue weighted by Crippen LogP contribution is 2.23. The molecule has 0 aliphatic rings. The van der Waals surface area contributed by atoms with E-state index >= 15 is 0 Å². The fraction of sp³-hybridized carbons (Fsp3) is 0.357. The predicted octanol–water partition coefficient (Wildman–Crippen LogP) is 3.49. The maximum Gasteiger partial charge on any atom is 0.124 e. The van der Waals surface area contributed by atoms with Gasteiger partial charge in [-0.15, -0.1) is 0 Å². The van der Waals surface area contributed by atoms with Crippen LogP contribution in [-0.4, -0.2) is 16.5 Å². The van der Waals surface area contributed by atoms with E-state index in [4.69, 9.17) is 11.6 Å². The van der Waals surface area contributed by atoms with Gasteiger partial charge in [0.25, 0.3) is 0 Å². The second-order valence-electron chi connectivity index (χ2n) is 4.48. The maximum absolute atomic E-state index is 13.0. The zero-order valence-corrected chi connectivity index (χ0v) is 11.5.